The van der Waals surface area contributed by atoms with Crippen LogP contribution in [-0.2, 0) is 9.45 Å². The van der Waals surface area contributed by atoms with Crippen LogP contribution in [0.5, 0.6) is 0 Å². The molecule has 2 nitrogen and oxygen atoms in total. The Kier molecular flexibility index (Phi) is 3.47. The fourth-order valence-electron chi connectivity index (χ4n) is 0.579. The highest BCUT2D eigenvalue weighted by atomic mass is 16.5. The van der Waals surface area contributed by atoms with Gasteiger partial charge in [-0.3, -0.25) is 4.79 Å². The molecule has 58 valence electrons. The minimum Gasteiger partial charge on any atom is -0.543 e. The Morgan fingerprint density at radius 1 is 1.50 bits per heavy atom. The summed E-state index contributed by atoms with van der Waals surface area (Å²) in [5.74, 6) is -0.116. The molecule has 0 saturated heterocycles. The van der Waals surface area contributed by atoms with Crippen molar-refractivity contribution < 1.29 is 9.45 Å². The van der Waals surface area contributed by atoms with E-state index in [1.165, 1.54) is 8.05 Å². The van der Waals surface area contributed by atoms with E-state index in [9.17, 15) is 4.79 Å². The summed E-state index contributed by atoms with van der Waals surface area (Å²) in [6.45, 7) is 6.32. The first-order chi connectivity index (χ1) is 4.45. The Hall–Kier alpha value is -0.465. The Labute approximate surface area is 63.4 Å². The fraction of sp³-hybridized carbons (Fsp3) is 0.857. The largest absolute Gasteiger partial charge is 0.543 e. The van der Waals surface area contributed by atoms with E-state index in [-0.39, 0.29) is 11.4 Å². The van der Waals surface area contributed by atoms with Gasteiger partial charge in [-0.25, -0.2) is 0 Å². The van der Waals surface area contributed by atoms with Crippen LogP contribution >= 0.6 is 0 Å². The summed E-state index contributed by atoms with van der Waals surface area (Å²) in [6, 6.07) is 0. The number of carbonyl (C=O) groups is 1. The lowest BCUT2D eigenvalue weighted by atomic mass is 9.91. The van der Waals surface area contributed by atoms with Crippen molar-refractivity contribution in [3.8, 4) is 0 Å². The molecular formula is C7H15BO2. The van der Waals surface area contributed by atoms with Crippen molar-refractivity contribution in [2.24, 2.45) is 5.41 Å². The van der Waals surface area contributed by atoms with Crippen LogP contribution in [0, 0.1) is 5.41 Å². The van der Waals surface area contributed by atoms with Gasteiger partial charge in [-0.1, -0.05) is 20.8 Å². The molecule has 0 aliphatic rings. The minimum atomic E-state index is -0.116. The van der Waals surface area contributed by atoms with Gasteiger partial charge in [0.15, 0.2) is 0 Å². The molecule has 0 aromatic heterocycles. The summed E-state index contributed by atoms with van der Waals surface area (Å²) >= 11 is 0. The zero-order valence-corrected chi connectivity index (χ0v) is 7.23. The minimum absolute atomic E-state index is 0.116. The van der Waals surface area contributed by atoms with Gasteiger partial charge in [-0.15, -0.1) is 0 Å². The smallest absolute Gasteiger partial charge is 0.325 e. The quantitative estimate of drug-likeness (QED) is 0.535. The van der Waals surface area contributed by atoms with E-state index in [1.54, 1.807) is 0 Å². The van der Waals surface area contributed by atoms with Crippen molar-refractivity contribution in [2.45, 2.75) is 33.6 Å². The molecule has 0 N–H and O–H groups in total. The van der Waals surface area contributed by atoms with Gasteiger partial charge in [0, 0.05) is 6.42 Å². The molecule has 0 rings (SSSR count). The van der Waals surface area contributed by atoms with Crippen molar-refractivity contribution >= 4 is 14.0 Å². The number of carbonyl (C=O) groups excluding carboxylic acids is 1. The highest BCUT2D eigenvalue weighted by Gasteiger charge is 2.12. The first kappa shape index (κ1) is 9.53. The molecule has 0 bridgehead atoms. The summed E-state index contributed by atoms with van der Waals surface area (Å²) < 4.78 is 4.51. The lowest BCUT2D eigenvalue weighted by Gasteiger charge is -2.16. The van der Waals surface area contributed by atoms with E-state index in [0.29, 0.717) is 6.42 Å². The molecule has 0 unspecified atom stereocenters. The van der Waals surface area contributed by atoms with Crippen molar-refractivity contribution in [2.75, 3.05) is 0 Å². The average Bonchev–Trinajstić information content (AvgIpc) is 1.81. The summed E-state index contributed by atoms with van der Waals surface area (Å²) in [6.07, 6.45) is 1.42. The fourth-order valence-corrected chi connectivity index (χ4v) is 0.579. The number of rotatable bonds is 2. The normalized spacial score (nSPS) is 11.1. The predicted molar refractivity (Wildman–Crippen MR) is 43.3 cm³/mol. The van der Waals surface area contributed by atoms with Crippen molar-refractivity contribution in [3.05, 3.63) is 0 Å². The van der Waals surface area contributed by atoms with Crippen LogP contribution in [0.25, 0.3) is 0 Å². The molecule has 0 spiro atoms. The van der Waals surface area contributed by atoms with Crippen LogP contribution in [0.15, 0.2) is 0 Å². The third kappa shape index (κ3) is 5.67. The molecule has 0 aromatic rings. The molecule has 0 radical (unpaired) electrons. The van der Waals surface area contributed by atoms with Crippen molar-refractivity contribution in [1.82, 2.24) is 0 Å². The molecule has 10 heavy (non-hydrogen) atoms. The molecule has 0 amide bonds. The molecule has 3 heteroatoms. The molecule has 0 atom stereocenters. The van der Waals surface area contributed by atoms with Gasteiger partial charge in [-0.05, 0) is 11.8 Å². The van der Waals surface area contributed by atoms with E-state index in [1.807, 2.05) is 0 Å². The summed E-state index contributed by atoms with van der Waals surface area (Å²) in [5, 5.41) is 0. The van der Waals surface area contributed by atoms with E-state index in [2.05, 4.69) is 25.4 Å². The predicted octanol–water partition coefficient (Wildman–Crippen LogP) is 0.904. The topological polar surface area (TPSA) is 26.3 Å². The molecule has 0 aliphatic carbocycles. The third-order valence-electron chi connectivity index (χ3n) is 1.31. The van der Waals surface area contributed by atoms with Crippen LogP contribution in [0.4, 0.5) is 0 Å². The Morgan fingerprint density at radius 3 is 2.30 bits per heavy atom. The summed E-state index contributed by atoms with van der Waals surface area (Å²) in [5.41, 5.74) is 0.230. The monoisotopic (exact) mass is 142 g/mol. The van der Waals surface area contributed by atoms with Crippen LogP contribution in [0.1, 0.15) is 33.6 Å². The maximum absolute atomic E-state index is 10.6. The summed E-state index contributed by atoms with van der Waals surface area (Å²) in [4.78, 5) is 10.6. The SMILES string of the molecule is BOC(=O)CCC(C)(C)C. The molecular weight excluding hydrogens is 127 g/mol. The molecule has 0 saturated carbocycles. The highest BCUT2D eigenvalue weighted by molar-refractivity contribution is 6.05. The first-order valence-corrected chi connectivity index (χ1v) is 3.52. The maximum Gasteiger partial charge on any atom is 0.325 e. The van der Waals surface area contributed by atoms with E-state index in [4.69, 9.17) is 0 Å². The van der Waals surface area contributed by atoms with E-state index < -0.39 is 0 Å². The second kappa shape index (κ2) is 3.64. The van der Waals surface area contributed by atoms with Crippen molar-refractivity contribution in [3.63, 3.8) is 0 Å². The molecule has 0 fully saturated rings. The lowest BCUT2D eigenvalue weighted by molar-refractivity contribution is -0.134. The zero-order chi connectivity index (χ0) is 8.20. The van der Waals surface area contributed by atoms with Gasteiger partial charge in [-0.2, -0.15) is 0 Å². The van der Waals surface area contributed by atoms with Gasteiger partial charge in [0.1, 0.15) is 0 Å². The van der Waals surface area contributed by atoms with Gasteiger partial charge in [0.05, 0.1) is 0 Å². The Morgan fingerprint density at radius 2 is 2.00 bits per heavy atom. The Bertz CT molecular complexity index is 115. The Balaban J connectivity index is 3.46. The van der Waals surface area contributed by atoms with Crippen molar-refractivity contribution in [1.29, 1.82) is 0 Å². The second-order valence-electron chi connectivity index (χ2n) is 3.64. The average molecular weight is 142 g/mol. The second-order valence-corrected chi connectivity index (χ2v) is 3.64. The standard InChI is InChI=1S/C7H15BO2/c1-7(2,3)5-4-6(9)10-8/h4-5,8H2,1-3H3. The highest BCUT2D eigenvalue weighted by Crippen LogP contribution is 2.20. The van der Waals surface area contributed by atoms with Gasteiger partial charge in [0.2, 0.25) is 0 Å². The number of hydrogen-bond acceptors (Lipinski definition) is 2. The van der Waals surface area contributed by atoms with Crippen LogP contribution in [0.2, 0.25) is 0 Å². The lowest BCUT2D eigenvalue weighted by Crippen LogP contribution is -2.09. The first-order valence-electron chi connectivity index (χ1n) is 3.52. The van der Waals surface area contributed by atoms with Gasteiger partial charge < -0.3 is 4.65 Å². The third-order valence-corrected chi connectivity index (χ3v) is 1.31. The van der Waals surface area contributed by atoms with Crippen LogP contribution in [-0.4, -0.2) is 14.0 Å². The maximum atomic E-state index is 10.6. The molecule has 0 heterocycles. The molecule has 0 aromatic carbocycles. The van der Waals surface area contributed by atoms with Crippen LogP contribution < -0.4 is 0 Å². The number of hydrogen-bond donors (Lipinski definition) is 0. The van der Waals surface area contributed by atoms with Gasteiger partial charge >= 0.3 is 8.05 Å². The van der Waals surface area contributed by atoms with E-state index in [0.717, 1.165) is 6.42 Å². The van der Waals surface area contributed by atoms with Gasteiger partial charge in [0.25, 0.3) is 5.97 Å². The zero-order valence-electron chi connectivity index (χ0n) is 7.23. The summed E-state index contributed by atoms with van der Waals surface area (Å²) in [7, 11) is 1.42. The molecule has 0 aliphatic heterocycles. The van der Waals surface area contributed by atoms with E-state index >= 15 is 0 Å². The van der Waals surface area contributed by atoms with Crippen LogP contribution in [0.3, 0.4) is 0 Å².